The van der Waals surface area contributed by atoms with Crippen LogP contribution in [-0.4, -0.2) is 22.0 Å². The lowest BCUT2D eigenvalue weighted by molar-refractivity contribution is 0.0697. The van der Waals surface area contributed by atoms with Gasteiger partial charge in [0.15, 0.2) is 0 Å². The molecule has 2 N–H and O–H groups in total. The van der Waals surface area contributed by atoms with E-state index in [9.17, 15) is 9.59 Å². The van der Waals surface area contributed by atoms with Crippen LogP contribution in [0, 0.1) is 13.8 Å². The van der Waals surface area contributed by atoms with E-state index in [1.165, 1.54) is 18.3 Å². The first-order valence-electron chi connectivity index (χ1n) is 6.06. The Labute approximate surface area is 116 Å². The number of carboxylic acids is 1. The number of hydrogen-bond donors (Lipinski definition) is 2. The molecular formula is C15H14N2O3. The molecule has 5 heteroatoms. The van der Waals surface area contributed by atoms with E-state index in [1.54, 1.807) is 0 Å². The molecule has 1 aromatic heterocycles. The fraction of sp³-hybridized carbons (Fsp3) is 0.133. The number of carbonyl (C=O) groups excluding carboxylic acids is 1. The number of aromatic carboxylic acids is 1. The maximum atomic E-state index is 12.3. The number of nitrogens with zero attached hydrogens (tertiary/aromatic N) is 1. The Morgan fingerprint density at radius 3 is 2.35 bits per heavy atom. The highest BCUT2D eigenvalue weighted by molar-refractivity contribution is 6.08. The zero-order valence-electron chi connectivity index (χ0n) is 11.2. The van der Waals surface area contributed by atoms with Gasteiger partial charge in [-0.2, -0.15) is 0 Å². The van der Waals surface area contributed by atoms with Gasteiger partial charge < -0.3 is 10.4 Å². The molecule has 102 valence electrons. The summed E-state index contributed by atoms with van der Waals surface area (Å²) in [5.74, 6) is -1.44. The summed E-state index contributed by atoms with van der Waals surface area (Å²) in [6.45, 7) is 3.66. The van der Waals surface area contributed by atoms with Gasteiger partial charge in [-0.25, -0.2) is 9.78 Å². The standard InChI is InChI=1S/C15H14N2O3/c1-9-5-3-6-10(2)12(9)14(18)17-13-11(15(19)20)7-4-8-16-13/h3-8H,1-2H3,(H,19,20)(H,16,17,18). The average molecular weight is 270 g/mol. The van der Waals surface area contributed by atoms with Crippen molar-refractivity contribution in [2.24, 2.45) is 0 Å². The molecule has 0 atom stereocenters. The number of aryl methyl sites for hydroxylation is 2. The van der Waals surface area contributed by atoms with Gasteiger partial charge in [-0.15, -0.1) is 0 Å². The Balaban J connectivity index is 2.36. The van der Waals surface area contributed by atoms with Crippen molar-refractivity contribution in [2.45, 2.75) is 13.8 Å². The van der Waals surface area contributed by atoms with E-state index in [0.717, 1.165) is 11.1 Å². The Morgan fingerprint density at radius 1 is 1.10 bits per heavy atom. The molecule has 0 bridgehead atoms. The topological polar surface area (TPSA) is 79.3 Å². The molecule has 0 radical (unpaired) electrons. The van der Waals surface area contributed by atoms with Gasteiger partial charge in [0.1, 0.15) is 11.4 Å². The monoisotopic (exact) mass is 270 g/mol. The molecule has 1 amide bonds. The molecule has 0 saturated carbocycles. The van der Waals surface area contributed by atoms with E-state index < -0.39 is 5.97 Å². The maximum absolute atomic E-state index is 12.3. The smallest absolute Gasteiger partial charge is 0.339 e. The average Bonchev–Trinajstić information content (AvgIpc) is 2.38. The molecule has 2 aromatic rings. The van der Waals surface area contributed by atoms with Crippen LogP contribution in [0.3, 0.4) is 0 Å². The van der Waals surface area contributed by atoms with E-state index in [4.69, 9.17) is 5.11 Å². The highest BCUT2D eigenvalue weighted by Gasteiger charge is 2.16. The number of carbonyl (C=O) groups is 2. The van der Waals surface area contributed by atoms with Gasteiger partial charge in [-0.3, -0.25) is 4.79 Å². The number of anilines is 1. The summed E-state index contributed by atoms with van der Waals surface area (Å²) < 4.78 is 0. The van der Waals surface area contributed by atoms with Crippen LogP contribution in [0.1, 0.15) is 31.8 Å². The first-order chi connectivity index (χ1) is 9.50. The van der Waals surface area contributed by atoms with E-state index in [1.807, 2.05) is 32.0 Å². The lowest BCUT2D eigenvalue weighted by Crippen LogP contribution is -2.18. The summed E-state index contributed by atoms with van der Waals surface area (Å²) in [6.07, 6.45) is 1.44. The predicted molar refractivity (Wildman–Crippen MR) is 75.1 cm³/mol. The van der Waals surface area contributed by atoms with Crippen molar-refractivity contribution in [3.63, 3.8) is 0 Å². The second-order valence-electron chi connectivity index (χ2n) is 4.43. The molecule has 0 unspecified atom stereocenters. The molecular weight excluding hydrogens is 256 g/mol. The Kier molecular flexibility index (Phi) is 3.79. The number of aromatic nitrogens is 1. The van der Waals surface area contributed by atoms with Gasteiger partial charge >= 0.3 is 5.97 Å². The number of benzene rings is 1. The fourth-order valence-electron chi connectivity index (χ4n) is 2.02. The van der Waals surface area contributed by atoms with E-state index in [0.29, 0.717) is 5.56 Å². The minimum Gasteiger partial charge on any atom is -0.478 e. The molecule has 5 nitrogen and oxygen atoms in total. The van der Waals surface area contributed by atoms with Gasteiger partial charge in [-0.1, -0.05) is 18.2 Å². The largest absolute Gasteiger partial charge is 0.478 e. The Hall–Kier alpha value is -2.69. The Bertz CT molecular complexity index is 660. The summed E-state index contributed by atoms with van der Waals surface area (Å²) >= 11 is 0. The molecule has 0 aliphatic carbocycles. The third-order valence-electron chi connectivity index (χ3n) is 2.98. The number of pyridine rings is 1. The predicted octanol–water partition coefficient (Wildman–Crippen LogP) is 2.65. The van der Waals surface area contributed by atoms with Crippen molar-refractivity contribution in [1.82, 2.24) is 4.98 Å². The van der Waals surface area contributed by atoms with Crippen LogP contribution in [0.15, 0.2) is 36.5 Å². The van der Waals surface area contributed by atoms with E-state index in [2.05, 4.69) is 10.3 Å². The molecule has 1 aromatic carbocycles. The Morgan fingerprint density at radius 2 is 1.75 bits per heavy atom. The summed E-state index contributed by atoms with van der Waals surface area (Å²) in [7, 11) is 0. The molecule has 2 rings (SSSR count). The first kappa shape index (κ1) is 13.7. The number of hydrogen-bond acceptors (Lipinski definition) is 3. The summed E-state index contributed by atoms with van der Waals surface area (Å²) in [6, 6.07) is 8.44. The first-order valence-corrected chi connectivity index (χ1v) is 6.06. The van der Waals surface area contributed by atoms with Gasteiger partial charge in [0.2, 0.25) is 0 Å². The van der Waals surface area contributed by atoms with Crippen LogP contribution < -0.4 is 5.32 Å². The minimum absolute atomic E-state index is 0.0351. The maximum Gasteiger partial charge on any atom is 0.339 e. The van der Waals surface area contributed by atoms with Crippen LogP contribution >= 0.6 is 0 Å². The SMILES string of the molecule is Cc1cccc(C)c1C(=O)Nc1ncccc1C(=O)O. The molecule has 0 spiro atoms. The van der Waals surface area contributed by atoms with E-state index >= 15 is 0 Å². The quantitative estimate of drug-likeness (QED) is 0.898. The van der Waals surface area contributed by atoms with Crippen molar-refractivity contribution >= 4 is 17.7 Å². The summed E-state index contributed by atoms with van der Waals surface area (Å²) in [5.41, 5.74) is 2.16. The lowest BCUT2D eigenvalue weighted by atomic mass is 10.0. The number of rotatable bonds is 3. The molecule has 0 aliphatic rings. The highest BCUT2D eigenvalue weighted by Crippen LogP contribution is 2.17. The minimum atomic E-state index is -1.13. The van der Waals surface area contributed by atoms with Gasteiger partial charge in [0.05, 0.1) is 0 Å². The zero-order valence-corrected chi connectivity index (χ0v) is 11.2. The highest BCUT2D eigenvalue weighted by atomic mass is 16.4. The second kappa shape index (κ2) is 5.52. The van der Waals surface area contributed by atoms with Crippen molar-refractivity contribution in [3.8, 4) is 0 Å². The summed E-state index contributed by atoms with van der Waals surface area (Å²) in [5, 5.41) is 11.6. The van der Waals surface area contributed by atoms with Crippen LogP contribution in [0.5, 0.6) is 0 Å². The number of carboxylic acid groups (broad SMARTS) is 1. The molecule has 0 saturated heterocycles. The van der Waals surface area contributed by atoms with Crippen molar-refractivity contribution in [2.75, 3.05) is 5.32 Å². The molecule has 0 fully saturated rings. The van der Waals surface area contributed by atoms with Crippen molar-refractivity contribution < 1.29 is 14.7 Å². The number of nitrogens with one attached hydrogen (secondary N) is 1. The van der Waals surface area contributed by atoms with Crippen LogP contribution in [0.25, 0.3) is 0 Å². The molecule has 20 heavy (non-hydrogen) atoms. The molecule has 0 aliphatic heterocycles. The zero-order chi connectivity index (χ0) is 14.7. The van der Waals surface area contributed by atoms with Gasteiger partial charge in [0.25, 0.3) is 5.91 Å². The normalized spacial score (nSPS) is 10.1. The molecule has 1 heterocycles. The number of amides is 1. The van der Waals surface area contributed by atoms with Crippen molar-refractivity contribution in [3.05, 3.63) is 58.8 Å². The van der Waals surface area contributed by atoms with Gasteiger partial charge in [-0.05, 0) is 37.1 Å². The van der Waals surface area contributed by atoms with Crippen molar-refractivity contribution in [1.29, 1.82) is 0 Å². The third kappa shape index (κ3) is 2.66. The van der Waals surface area contributed by atoms with Gasteiger partial charge in [0, 0.05) is 11.8 Å². The van der Waals surface area contributed by atoms with Crippen LogP contribution in [-0.2, 0) is 0 Å². The lowest BCUT2D eigenvalue weighted by Gasteiger charge is -2.11. The third-order valence-corrected chi connectivity index (χ3v) is 2.98. The summed E-state index contributed by atoms with van der Waals surface area (Å²) in [4.78, 5) is 27.3. The van der Waals surface area contributed by atoms with Crippen LogP contribution in [0.4, 0.5) is 5.82 Å². The van der Waals surface area contributed by atoms with Crippen LogP contribution in [0.2, 0.25) is 0 Å². The fourth-order valence-corrected chi connectivity index (χ4v) is 2.02. The van der Waals surface area contributed by atoms with E-state index in [-0.39, 0.29) is 17.3 Å². The second-order valence-corrected chi connectivity index (χ2v) is 4.43.